The number of nitrogens with zero attached hydrogens (tertiary/aromatic N) is 1. The van der Waals surface area contributed by atoms with Gasteiger partial charge in [0.2, 0.25) is 0 Å². The molecule has 2 atom stereocenters. The number of ether oxygens (including phenoxy) is 1. The molecule has 0 amide bonds. The average molecular weight is 241 g/mol. The highest BCUT2D eigenvalue weighted by atomic mass is 19.1. The van der Waals surface area contributed by atoms with E-state index in [2.05, 4.69) is 5.32 Å². The average Bonchev–Trinajstić information content (AvgIpc) is 2.96. The van der Waals surface area contributed by atoms with Gasteiger partial charge in [-0.15, -0.1) is 0 Å². The first-order valence-electron chi connectivity index (χ1n) is 5.07. The Kier molecular flexibility index (Phi) is 2.84. The van der Waals surface area contributed by atoms with Gasteiger partial charge < -0.3 is 15.8 Å². The normalized spacial score (nSPS) is 22.1. The molecule has 0 heterocycles. The van der Waals surface area contributed by atoms with Crippen LogP contribution in [0.3, 0.4) is 0 Å². The first-order valence-corrected chi connectivity index (χ1v) is 5.07. The molecule has 1 aromatic rings. The minimum absolute atomic E-state index is 0.00980. The molecule has 0 radical (unpaired) electrons. The van der Waals surface area contributed by atoms with Crippen LogP contribution in [0.5, 0.6) is 5.75 Å². The Morgan fingerprint density at radius 1 is 1.65 bits per heavy atom. The lowest BCUT2D eigenvalue weighted by Crippen LogP contribution is -2.14. The number of hydrogen-bond acceptors (Lipinski definition) is 5. The van der Waals surface area contributed by atoms with Crippen LogP contribution in [-0.2, 0) is 0 Å². The second-order valence-electron chi connectivity index (χ2n) is 3.91. The molecule has 0 aliphatic heterocycles. The van der Waals surface area contributed by atoms with Gasteiger partial charge in [0.05, 0.1) is 23.8 Å². The fourth-order valence-electron chi connectivity index (χ4n) is 1.54. The van der Waals surface area contributed by atoms with Gasteiger partial charge in [0.15, 0.2) is 11.6 Å². The summed E-state index contributed by atoms with van der Waals surface area (Å²) in [6.07, 6.45) is 0.763. The van der Waals surface area contributed by atoms with E-state index in [1.54, 1.807) is 0 Å². The van der Waals surface area contributed by atoms with Crippen molar-refractivity contribution in [3.8, 4) is 5.75 Å². The summed E-state index contributed by atoms with van der Waals surface area (Å²) in [4.78, 5) is 9.96. The highest BCUT2D eigenvalue weighted by Gasteiger charge is 2.34. The summed E-state index contributed by atoms with van der Waals surface area (Å²) in [5, 5.41) is 13.5. The van der Waals surface area contributed by atoms with E-state index in [0.717, 1.165) is 12.5 Å². The summed E-state index contributed by atoms with van der Waals surface area (Å²) < 4.78 is 18.4. The van der Waals surface area contributed by atoms with Crippen LogP contribution in [0.1, 0.15) is 6.42 Å². The van der Waals surface area contributed by atoms with E-state index in [1.807, 2.05) is 0 Å². The van der Waals surface area contributed by atoms with E-state index in [0.29, 0.717) is 0 Å². The molecule has 0 saturated heterocycles. The van der Waals surface area contributed by atoms with Crippen molar-refractivity contribution in [3.63, 3.8) is 0 Å². The number of nitrogens with two attached hydrogens (primary N) is 1. The third-order valence-corrected chi connectivity index (χ3v) is 2.65. The van der Waals surface area contributed by atoms with Crippen molar-refractivity contribution in [2.45, 2.75) is 18.5 Å². The molecular formula is C10H12FN3O3. The monoisotopic (exact) mass is 241 g/mol. The molecule has 0 bridgehead atoms. The molecule has 2 rings (SSSR count). The lowest BCUT2D eigenvalue weighted by Gasteiger charge is -2.09. The summed E-state index contributed by atoms with van der Waals surface area (Å²) in [5.74, 6) is -0.662. The zero-order chi connectivity index (χ0) is 12.6. The maximum atomic E-state index is 13.6. The Hall–Kier alpha value is -1.89. The highest BCUT2D eigenvalue weighted by Crippen LogP contribution is 2.34. The molecule has 1 fully saturated rings. The Morgan fingerprint density at radius 2 is 2.29 bits per heavy atom. The van der Waals surface area contributed by atoms with Crippen molar-refractivity contribution >= 4 is 11.4 Å². The van der Waals surface area contributed by atoms with Gasteiger partial charge in [-0.25, -0.2) is 4.39 Å². The second-order valence-corrected chi connectivity index (χ2v) is 3.91. The fraction of sp³-hybridized carbons (Fsp3) is 0.400. The molecule has 1 aliphatic carbocycles. The quantitative estimate of drug-likeness (QED) is 0.611. The molecule has 6 nitrogen and oxygen atoms in total. The number of nitrogens with one attached hydrogen (secondary N) is 1. The van der Waals surface area contributed by atoms with Crippen molar-refractivity contribution in [1.29, 1.82) is 0 Å². The van der Waals surface area contributed by atoms with Crippen LogP contribution in [0.2, 0.25) is 0 Å². The highest BCUT2D eigenvalue weighted by molar-refractivity contribution is 5.60. The van der Waals surface area contributed by atoms with Crippen molar-refractivity contribution < 1.29 is 14.1 Å². The number of benzene rings is 1. The molecule has 92 valence electrons. The Labute approximate surface area is 96.7 Å². The molecule has 1 aromatic carbocycles. The number of hydrogen-bond donors (Lipinski definition) is 2. The molecule has 2 unspecified atom stereocenters. The lowest BCUT2D eigenvalue weighted by atomic mass is 10.2. The fourth-order valence-corrected chi connectivity index (χ4v) is 1.54. The Bertz CT molecular complexity index is 466. The van der Waals surface area contributed by atoms with Crippen LogP contribution in [-0.4, -0.2) is 24.1 Å². The number of nitro benzene ring substituents is 1. The minimum Gasteiger partial charge on any atom is -0.490 e. The van der Waals surface area contributed by atoms with Crippen LogP contribution >= 0.6 is 0 Å². The summed E-state index contributed by atoms with van der Waals surface area (Å²) in [7, 11) is 1.30. The van der Waals surface area contributed by atoms with E-state index in [9.17, 15) is 14.5 Å². The van der Waals surface area contributed by atoms with Crippen LogP contribution in [0.15, 0.2) is 12.1 Å². The van der Waals surface area contributed by atoms with Gasteiger partial charge in [-0.3, -0.25) is 10.1 Å². The number of nitro groups is 1. The molecule has 0 spiro atoms. The number of methoxy groups -OCH3 is 1. The Balaban J connectivity index is 2.30. The standard InChI is InChI=1S/C10H12FN3O3/c1-17-10-4-7(13-8-3-6(8)12)5(11)2-9(10)14(15)16/h2,4,6,8,13H,3,12H2,1H3. The molecule has 1 saturated carbocycles. The maximum Gasteiger partial charge on any atom is 0.313 e. The predicted molar refractivity (Wildman–Crippen MR) is 59.6 cm³/mol. The second kappa shape index (κ2) is 4.17. The van der Waals surface area contributed by atoms with E-state index in [-0.39, 0.29) is 23.5 Å². The van der Waals surface area contributed by atoms with E-state index < -0.39 is 16.4 Å². The first kappa shape index (κ1) is 11.6. The molecule has 0 aromatic heterocycles. The topological polar surface area (TPSA) is 90.4 Å². The molecule has 1 aliphatic rings. The van der Waals surface area contributed by atoms with Gasteiger partial charge in [0.25, 0.3) is 0 Å². The zero-order valence-electron chi connectivity index (χ0n) is 9.14. The summed E-state index contributed by atoms with van der Waals surface area (Å²) in [6, 6.07) is 2.15. The summed E-state index contributed by atoms with van der Waals surface area (Å²) >= 11 is 0. The van der Waals surface area contributed by atoms with E-state index in [4.69, 9.17) is 10.5 Å². The summed E-state index contributed by atoms with van der Waals surface area (Å²) in [6.45, 7) is 0. The third-order valence-electron chi connectivity index (χ3n) is 2.65. The predicted octanol–water partition coefficient (Wildman–Crippen LogP) is 1.25. The summed E-state index contributed by atoms with van der Waals surface area (Å²) in [5.41, 5.74) is 5.37. The SMILES string of the molecule is COc1cc(NC2CC2N)c(F)cc1[N+](=O)[O-]. The van der Waals surface area contributed by atoms with E-state index >= 15 is 0 Å². The molecule has 17 heavy (non-hydrogen) atoms. The third kappa shape index (κ3) is 2.28. The van der Waals surface area contributed by atoms with Crippen molar-refractivity contribution in [2.24, 2.45) is 5.73 Å². The minimum atomic E-state index is -0.686. The number of halogens is 1. The van der Waals surface area contributed by atoms with Crippen molar-refractivity contribution in [3.05, 3.63) is 28.1 Å². The van der Waals surface area contributed by atoms with Crippen LogP contribution in [0, 0.1) is 15.9 Å². The van der Waals surface area contributed by atoms with Crippen molar-refractivity contribution in [2.75, 3.05) is 12.4 Å². The largest absolute Gasteiger partial charge is 0.490 e. The molecule has 3 N–H and O–H groups in total. The Morgan fingerprint density at radius 3 is 2.76 bits per heavy atom. The van der Waals surface area contributed by atoms with Gasteiger partial charge in [-0.05, 0) is 6.42 Å². The van der Waals surface area contributed by atoms with Crippen LogP contribution < -0.4 is 15.8 Å². The van der Waals surface area contributed by atoms with Gasteiger partial charge in [0, 0.05) is 18.2 Å². The maximum absolute atomic E-state index is 13.6. The van der Waals surface area contributed by atoms with Gasteiger partial charge >= 0.3 is 5.69 Å². The smallest absolute Gasteiger partial charge is 0.313 e. The first-order chi connectivity index (χ1) is 8.02. The van der Waals surface area contributed by atoms with Crippen molar-refractivity contribution in [1.82, 2.24) is 0 Å². The number of anilines is 1. The molecule has 7 heteroatoms. The number of rotatable bonds is 4. The lowest BCUT2D eigenvalue weighted by molar-refractivity contribution is -0.385. The molecular weight excluding hydrogens is 229 g/mol. The van der Waals surface area contributed by atoms with Gasteiger partial charge in [-0.1, -0.05) is 0 Å². The van der Waals surface area contributed by atoms with Crippen LogP contribution in [0.4, 0.5) is 15.8 Å². The van der Waals surface area contributed by atoms with Crippen LogP contribution in [0.25, 0.3) is 0 Å². The van der Waals surface area contributed by atoms with Gasteiger partial charge in [-0.2, -0.15) is 0 Å². The van der Waals surface area contributed by atoms with Gasteiger partial charge in [0.1, 0.15) is 0 Å². The van der Waals surface area contributed by atoms with E-state index in [1.165, 1.54) is 13.2 Å². The zero-order valence-corrected chi connectivity index (χ0v) is 9.14.